The molecular formula is C15H18ClN3O2. The second-order valence-electron chi connectivity index (χ2n) is 4.87. The SMILES string of the molecule is CCN(Cc1ccccc1Cl)C(=O)C1=NN(C)C(=O)CC1. The number of carbonyl (C=O) groups is 2. The number of benzene rings is 1. The molecule has 0 fully saturated rings. The van der Waals surface area contributed by atoms with Gasteiger partial charge in [-0.15, -0.1) is 0 Å². The van der Waals surface area contributed by atoms with E-state index < -0.39 is 0 Å². The number of hydrogen-bond donors (Lipinski definition) is 0. The minimum absolute atomic E-state index is 0.0688. The lowest BCUT2D eigenvalue weighted by Gasteiger charge is -2.25. The maximum atomic E-state index is 12.5. The first-order valence-corrected chi connectivity index (χ1v) is 7.27. The third-order valence-corrected chi connectivity index (χ3v) is 3.81. The molecule has 1 aromatic rings. The van der Waals surface area contributed by atoms with E-state index in [9.17, 15) is 9.59 Å². The number of hydrogen-bond acceptors (Lipinski definition) is 3. The van der Waals surface area contributed by atoms with Crippen molar-refractivity contribution in [2.24, 2.45) is 5.10 Å². The Morgan fingerprint density at radius 1 is 1.38 bits per heavy atom. The lowest BCUT2D eigenvalue weighted by molar-refractivity contribution is -0.130. The molecule has 6 heteroatoms. The first-order chi connectivity index (χ1) is 10.0. The third kappa shape index (κ3) is 3.61. The van der Waals surface area contributed by atoms with Gasteiger partial charge in [0.15, 0.2) is 0 Å². The molecule has 1 aromatic carbocycles. The Bertz CT molecular complexity index is 586. The fourth-order valence-electron chi connectivity index (χ4n) is 2.17. The number of nitrogens with zero attached hydrogens (tertiary/aromatic N) is 3. The first-order valence-electron chi connectivity index (χ1n) is 6.89. The number of carbonyl (C=O) groups excluding carboxylic acids is 2. The summed E-state index contributed by atoms with van der Waals surface area (Å²) in [6, 6.07) is 7.45. The van der Waals surface area contributed by atoms with Crippen LogP contribution in [0.1, 0.15) is 25.3 Å². The average Bonchev–Trinajstić information content (AvgIpc) is 2.48. The van der Waals surface area contributed by atoms with Crippen LogP contribution in [0.5, 0.6) is 0 Å². The Kier molecular flexibility index (Phi) is 4.96. The summed E-state index contributed by atoms with van der Waals surface area (Å²) in [5.74, 6) is -0.211. The molecule has 0 spiro atoms. The quantitative estimate of drug-likeness (QED) is 0.857. The van der Waals surface area contributed by atoms with Crippen LogP contribution >= 0.6 is 11.6 Å². The highest BCUT2D eigenvalue weighted by atomic mass is 35.5. The smallest absolute Gasteiger partial charge is 0.270 e. The van der Waals surface area contributed by atoms with E-state index >= 15 is 0 Å². The molecule has 0 N–H and O–H groups in total. The van der Waals surface area contributed by atoms with E-state index in [1.165, 1.54) is 5.01 Å². The molecule has 0 radical (unpaired) electrons. The van der Waals surface area contributed by atoms with Crippen molar-refractivity contribution in [1.82, 2.24) is 9.91 Å². The van der Waals surface area contributed by atoms with Gasteiger partial charge in [-0.25, -0.2) is 5.01 Å². The van der Waals surface area contributed by atoms with Crippen LogP contribution in [0.4, 0.5) is 0 Å². The molecular weight excluding hydrogens is 290 g/mol. The Hall–Kier alpha value is -1.88. The van der Waals surface area contributed by atoms with Crippen molar-refractivity contribution in [2.75, 3.05) is 13.6 Å². The molecule has 0 aliphatic carbocycles. The fourth-order valence-corrected chi connectivity index (χ4v) is 2.36. The minimum atomic E-state index is -0.142. The van der Waals surface area contributed by atoms with Crippen LogP contribution < -0.4 is 0 Å². The molecule has 1 aliphatic heterocycles. The van der Waals surface area contributed by atoms with Gasteiger partial charge in [-0.1, -0.05) is 29.8 Å². The molecule has 2 rings (SSSR count). The van der Waals surface area contributed by atoms with Gasteiger partial charge in [-0.2, -0.15) is 5.10 Å². The van der Waals surface area contributed by atoms with Gasteiger partial charge >= 0.3 is 0 Å². The lowest BCUT2D eigenvalue weighted by Crippen LogP contribution is -2.40. The van der Waals surface area contributed by atoms with Gasteiger partial charge in [-0.3, -0.25) is 9.59 Å². The summed E-state index contributed by atoms with van der Waals surface area (Å²) in [7, 11) is 1.57. The maximum Gasteiger partial charge on any atom is 0.270 e. The highest BCUT2D eigenvalue weighted by molar-refractivity contribution is 6.39. The standard InChI is InChI=1S/C15H18ClN3O2/c1-3-19(10-11-6-4-5-7-12(11)16)15(21)13-8-9-14(20)18(2)17-13/h4-7H,3,8-10H2,1-2H3. The highest BCUT2D eigenvalue weighted by Crippen LogP contribution is 2.18. The van der Waals surface area contributed by atoms with Gasteiger partial charge in [-0.05, 0) is 18.6 Å². The van der Waals surface area contributed by atoms with E-state index in [1.54, 1.807) is 18.0 Å². The van der Waals surface area contributed by atoms with Crippen LogP contribution in [0.15, 0.2) is 29.4 Å². The van der Waals surface area contributed by atoms with Crippen molar-refractivity contribution in [1.29, 1.82) is 0 Å². The molecule has 0 saturated carbocycles. The first kappa shape index (κ1) is 15.5. The number of halogens is 1. The summed E-state index contributed by atoms with van der Waals surface area (Å²) in [5.41, 5.74) is 1.32. The van der Waals surface area contributed by atoms with Crippen LogP contribution in [0.25, 0.3) is 0 Å². The van der Waals surface area contributed by atoms with E-state index in [1.807, 2.05) is 25.1 Å². The van der Waals surface area contributed by atoms with Crippen molar-refractivity contribution in [3.05, 3.63) is 34.9 Å². The van der Waals surface area contributed by atoms with E-state index in [4.69, 9.17) is 11.6 Å². The molecule has 1 aliphatic rings. The van der Waals surface area contributed by atoms with Crippen LogP contribution in [-0.2, 0) is 16.1 Å². The molecule has 5 nitrogen and oxygen atoms in total. The topological polar surface area (TPSA) is 53.0 Å². The Balaban J connectivity index is 2.14. The Morgan fingerprint density at radius 2 is 2.10 bits per heavy atom. The van der Waals surface area contributed by atoms with Crippen molar-refractivity contribution < 1.29 is 9.59 Å². The number of hydrazone groups is 1. The van der Waals surface area contributed by atoms with E-state index in [0.717, 1.165) is 5.56 Å². The normalized spacial score (nSPS) is 14.9. The van der Waals surface area contributed by atoms with Crippen LogP contribution in [0.2, 0.25) is 5.02 Å². The summed E-state index contributed by atoms with van der Waals surface area (Å²) < 4.78 is 0. The summed E-state index contributed by atoms with van der Waals surface area (Å²) in [6.07, 6.45) is 0.714. The zero-order chi connectivity index (χ0) is 15.4. The highest BCUT2D eigenvalue weighted by Gasteiger charge is 2.25. The average molecular weight is 308 g/mol. The third-order valence-electron chi connectivity index (χ3n) is 3.44. The van der Waals surface area contributed by atoms with Gasteiger partial charge in [0, 0.05) is 38.0 Å². The molecule has 1 heterocycles. The van der Waals surface area contributed by atoms with Crippen molar-refractivity contribution in [3.63, 3.8) is 0 Å². The molecule has 0 saturated heterocycles. The van der Waals surface area contributed by atoms with Gasteiger partial charge in [0.2, 0.25) is 5.91 Å². The number of rotatable bonds is 4. The second-order valence-corrected chi connectivity index (χ2v) is 5.28. The van der Waals surface area contributed by atoms with Gasteiger partial charge < -0.3 is 4.90 Å². The van der Waals surface area contributed by atoms with Crippen LogP contribution in [0, 0.1) is 0 Å². The molecule has 0 bridgehead atoms. The maximum absolute atomic E-state index is 12.5. The summed E-state index contributed by atoms with van der Waals surface area (Å²) in [6.45, 7) is 2.90. The summed E-state index contributed by atoms with van der Waals surface area (Å²) in [5, 5.41) is 5.95. The minimum Gasteiger partial charge on any atom is -0.333 e. The molecule has 0 atom stereocenters. The lowest BCUT2D eigenvalue weighted by atomic mass is 10.1. The second kappa shape index (κ2) is 6.72. The van der Waals surface area contributed by atoms with E-state index in [0.29, 0.717) is 36.7 Å². The van der Waals surface area contributed by atoms with Crippen LogP contribution in [0.3, 0.4) is 0 Å². The summed E-state index contributed by atoms with van der Waals surface area (Å²) >= 11 is 6.14. The molecule has 0 unspecified atom stereocenters. The zero-order valence-electron chi connectivity index (χ0n) is 12.2. The molecule has 112 valence electrons. The Morgan fingerprint density at radius 3 is 2.71 bits per heavy atom. The van der Waals surface area contributed by atoms with Gasteiger partial charge in [0.05, 0.1) is 0 Å². The largest absolute Gasteiger partial charge is 0.333 e. The summed E-state index contributed by atoms with van der Waals surface area (Å²) in [4.78, 5) is 25.6. The predicted octanol–water partition coefficient (Wildman–Crippen LogP) is 2.30. The molecule has 2 amide bonds. The van der Waals surface area contributed by atoms with Crippen LogP contribution in [-0.4, -0.2) is 41.0 Å². The monoisotopic (exact) mass is 307 g/mol. The van der Waals surface area contributed by atoms with Crippen molar-refractivity contribution in [3.8, 4) is 0 Å². The van der Waals surface area contributed by atoms with Gasteiger partial charge in [0.25, 0.3) is 5.91 Å². The fraction of sp³-hybridized carbons (Fsp3) is 0.400. The molecule has 0 aromatic heterocycles. The van der Waals surface area contributed by atoms with Crippen molar-refractivity contribution in [2.45, 2.75) is 26.3 Å². The zero-order valence-corrected chi connectivity index (χ0v) is 12.9. The van der Waals surface area contributed by atoms with Crippen molar-refractivity contribution >= 4 is 29.1 Å². The predicted molar refractivity (Wildman–Crippen MR) is 82.0 cm³/mol. The van der Waals surface area contributed by atoms with E-state index in [-0.39, 0.29) is 11.8 Å². The molecule has 21 heavy (non-hydrogen) atoms. The van der Waals surface area contributed by atoms with Gasteiger partial charge in [0.1, 0.15) is 5.71 Å². The van der Waals surface area contributed by atoms with E-state index in [2.05, 4.69) is 5.10 Å². The number of amides is 2. The Labute approximate surface area is 129 Å².